The van der Waals surface area contributed by atoms with E-state index in [9.17, 15) is 4.79 Å². The van der Waals surface area contributed by atoms with Crippen molar-refractivity contribution in [3.63, 3.8) is 0 Å². The number of nitrogens with zero attached hydrogens (tertiary/aromatic N) is 4. The van der Waals surface area contributed by atoms with Gasteiger partial charge in [0.05, 0.1) is 0 Å². The van der Waals surface area contributed by atoms with Crippen LogP contribution in [0, 0.1) is 0 Å². The molecule has 84 valence electrons. The Labute approximate surface area is 99.4 Å². The number of anilines is 1. The van der Waals surface area contributed by atoms with E-state index in [4.69, 9.17) is 5.73 Å². The third kappa shape index (κ3) is 1.56. The molecule has 0 aliphatic rings. The standard InChI is InChI=1S/C10H7N5OS/c11-9-14-15-8(16)7(12-13-10(15)17-9)6-4-2-1-3-5-6/h1-5H,(H2,11,14). The summed E-state index contributed by atoms with van der Waals surface area (Å²) in [4.78, 5) is 12.5. The molecule has 3 aromatic rings. The topological polar surface area (TPSA) is 86.2 Å². The predicted molar refractivity (Wildman–Crippen MR) is 64.8 cm³/mol. The zero-order chi connectivity index (χ0) is 11.8. The molecule has 6 nitrogen and oxygen atoms in total. The number of hydrogen-bond acceptors (Lipinski definition) is 6. The number of rotatable bonds is 1. The Morgan fingerprint density at radius 3 is 2.71 bits per heavy atom. The average molecular weight is 245 g/mol. The van der Waals surface area contributed by atoms with Crippen molar-refractivity contribution in [1.82, 2.24) is 19.8 Å². The molecular formula is C10H7N5OS. The molecule has 0 fully saturated rings. The summed E-state index contributed by atoms with van der Waals surface area (Å²) in [5.41, 5.74) is 6.20. The Morgan fingerprint density at radius 2 is 1.94 bits per heavy atom. The maximum absolute atomic E-state index is 12.1. The van der Waals surface area contributed by atoms with E-state index in [2.05, 4.69) is 15.3 Å². The second-order valence-electron chi connectivity index (χ2n) is 3.35. The summed E-state index contributed by atoms with van der Waals surface area (Å²) in [6.45, 7) is 0. The summed E-state index contributed by atoms with van der Waals surface area (Å²) in [5.74, 6) is 0. The number of fused-ring (bicyclic) bond motifs is 1. The zero-order valence-corrected chi connectivity index (χ0v) is 9.39. The van der Waals surface area contributed by atoms with Crippen molar-refractivity contribution in [2.24, 2.45) is 0 Å². The Kier molecular flexibility index (Phi) is 2.12. The molecule has 3 rings (SSSR count). The Balaban J connectivity index is 2.32. The van der Waals surface area contributed by atoms with Gasteiger partial charge in [0.15, 0.2) is 5.69 Å². The van der Waals surface area contributed by atoms with Crippen LogP contribution >= 0.6 is 11.3 Å². The number of hydrogen-bond donors (Lipinski definition) is 1. The van der Waals surface area contributed by atoms with Crippen LogP contribution in [0.3, 0.4) is 0 Å². The van der Waals surface area contributed by atoms with E-state index in [1.165, 1.54) is 4.52 Å². The molecule has 0 spiro atoms. The normalized spacial score (nSPS) is 10.8. The summed E-state index contributed by atoms with van der Waals surface area (Å²) in [6, 6.07) is 9.14. The zero-order valence-electron chi connectivity index (χ0n) is 8.57. The molecule has 0 aliphatic carbocycles. The molecule has 17 heavy (non-hydrogen) atoms. The highest BCUT2D eigenvalue weighted by molar-refractivity contribution is 7.20. The lowest BCUT2D eigenvalue weighted by atomic mass is 10.2. The molecule has 0 bridgehead atoms. The van der Waals surface area contributed by atoms with Crippen LogP contribution in [0.15, 0.2) is 35.1 Å². The van der Waals surface area contributed by atoms with Crippen LogP contribution in [0.1, 0.15) is 0 Å². The summed E-state index contributed by atoms with van der Waals surface area (Å²) in [6.07, 6.45) is 0. The monoisotopic (exact) mass is 245 g/mol. The number of benzene rings is 1. The minimum absolute atomic E-state index is 0.272. The highest BCUT2D eigenvalue weighted by Gasteiger charge is 2.11. The summed E-state index contributed by atoms with van der Waals surface area (Å²) in [5, 5.41) is 12.0. The summed E-state index contributed by atoms with van der Waals surface area (Å²) >= 11 is 1.13. The van der Waals surface area contributed by atoms with Crippen molar-refractivity contribution in [2.45, 2.75) is 0 Å². The smallest absolute Gasteiger partial charge is 0.302 e. The first kappa shape index (κ1) is 9.91. The van der Waals surface area contributed by atoms with Gasteiger partial charge >= 0.3 is 5.56 Å². The van der Waals surface area contributed by atoms with Gasteiger partial charge in [-0.25, -0.2) is 0 Å². The first-order chi connectivity index (χ1) is 8.25. The van der Waals surface area contributed by atoms with E-state index in [0.29, 0.717) is 15.7 Å². The molecule has 2 heterocycles. The van der Waals surface area contributed by atoms with Crippen LogP contribution in [0.2, 0.25) is 0 Å². The van der Waals surface area contributed by atoms with Crippen LogP contribution in [-0.4, -0.2) is 19.8 Å². The molecule has 0 radical (unpaired) electrons. The van der Waals surface area contributed by atoms with Gasteiger partial charge in [0, 0.05) is 5.56 Å². The van der Waals surface area contributed by atoms with E-state index >= 15 is 0 Å². The van der Waals surface area contributed by atoms with Gasteiger partial charge in [-0.2, -0.15) is 4.52 Å². The Bertz CT molecular complexity index is 733. The predicted octanol–water partition coefficient (Wildman–Crippen LogP) is 0.795. The van der Waals surface area contributed by atoms with Crippen molar-refractivity contribution < 1.29 is 0 Å². The van der Waals surface area contributed by atoms with Crippen molar-refractivity contribution in [3.8, 4) is 11.3 Å². The fourth-order valence-corrected chi connectivity index (χ4v) is 2.11. The lowest BCUT2D eigenvalue weighted by Gasteiger charge is -1.97. The largest absolute Gasteiger partial charge is 0.374 e. The Hall–Kier alpha value is -2.28. The molecular weight excluding hydrogens is 238 g/mol. The number of nitrogens with two attached hydrogens (primary N) is 1. The van der Waals surface area contributed by atoms with Gasteiger partial charge in [0.1, 0.15) is 0 Å². The van der Waals surface area contributed by atoms with Crippen LogP contribution in [0.5, 0.6) is 0 Å². The maximum Gasteiger partial charge on any atom is 0.302 e. The third-order valence-corrected chi connectivity index (χ3v) is 2.98. The first-order valence-electron chi connectivity index (χ1n) is 4.83. The minimum atomic E-state index is -0.311. The SMILES string of the molecule is Nc1nn2c(=O)c(-c3ccccc3)nnc2s1. The van der Waals surface area contributed by atoms with Gasteiger partial charge in [0.2, 0.25) is 10.1 Å². The molecule has 0 atom stereocenters. The molecule has 0 aliphatic heterocycles. The summed E-state index contributed by atoms with van der Waals surface area (Å²) < 4.78 is 1.18. The Morgan fingerprint density at radius 1 is 1.18 bits per heavy atom. The molecule has 1 aromatic carbocycles. The number of nitrogen functional groups attached to an aromatic ring is 1. The van der Waals surface area contributed by atoms with E-state index < -0.39 is 0 Å². The second-order valence-corrected chi connectivity index (χ2v) is 4.34. The van der Waals surface area contributed by atoms with Gasteiger partial charge in [-0.05, 0) is 0 Å². The second kappa shape index (κ2) is 3.63. The van der Waals surface area contributed by atoms with Crippen molar-refractivity contribution in [1.29, 1.82) is 0 Å². The highest BCUT2D eigenvalue weighted by atomic mass is 32.1. The molecule has 0 saturated carbocycles. The van der Waals surface area contributed by atoms with Crippen molar-refractivity contribution in [3.05, 3.63) is 40.7 Å². The van der Waals surface area contributed by atoms with Gasteiger partial charge in [-0.15, -0.1) is 15.3 Å². The molecule has 7 heteroatoms. The molecule has 0 unspecified atom stereocenters. The van der Waals surface area contributed by atoms with E-state index in [0.717, 1.165) is 11.3 Å². The molecule has 0 saturated heterocycles. The van der Waals surface area contributed by atoms with Crippen molar-refractivity contribution >= 4 is 21.4 Å². The van der Waals surface area contributed by atoms with Gasteiger partial charge < -0.3 is 5.73 Å². The van der Waals surface area contributed by atoms with Gasteiger partial charge in [0.25, 0.3) is 0 Å². The molecule has 0 amide bonds. The van der Waals surface area contributed by atoms with Gasteiger partial charge in [-0.1, -0.05) is 41.7 Å². The third-order valence-electron chi connectivity index (χ3n) is 2.25. The van der Waals surface area contributed by atoms with Crippen molar-refractivity contribution in [2.75, 3.05) is 5.73 Å². The van der Waals surface area contributed by atoms with Crippen LogP contribution in [0.25, 0.3) is 16.2 Å². The van der Waals surface area contributed by atoms with Crippen LogP contribution in [0.4, 0.5) is 5.13 Å². The highest BCUT2D eigenvalue weighted by Crippen LogP contribution is 2.15. The van der Waals surface area contributed by atoms with Crippen LogP contribution < -0.4 is 11.3 Å². The fraction of sp³-hybridized carbons (Fsp3) is 0. The van der Waals surface area contributed by atoms with E-state index in [1.54, 1.807) is 12.1 Å². The van der Waals surface area contributed by atoms with Crippen LogP contribution in [-0.2, 0) is 0 Å². The molecule has 2 aromatic heterocycles. The number of aromatic nitrogens is 4. The lowest BCUT2D eigenvalue weighted by Crippen LogP contribution is -2.19. The van der Waals surface area contributed by atoms with Gasteiger partial charge in [-0.3, -0.25) is 4.79 Å². The quantitative estimate of drug-likeness (QED) is 0.685. The lowest BCUT2D eigenvalue weighted by molar-refractivity contribution is 0.863. The average Bonchev–Trinajstić information content (AvgIpc) is 2.72. The molecule has 2 N–H and O–H groups in total. The first-order valence-corrected chi connectivity index (χ1v) is 5.65. The minimum Gasteiger partial charge on any atom is -0.374 e. The maximum atomic E-state index is 12.1. The van der Waals surface area contributed by atoms with E-state index in [1.807, 2.05) is 18.2 Å². The fourth-order valence-electron chi connectivity index (χ4n) is 1.51. The summed E-state index contributed by atoms with van der Waals surface area (Å²) in [7, 11) is 0. The van der Waals surface area contributed by atoms with E-state index in [-0.39, 0.29) is 11.3 Å².